The van der Waals surface area contributed by atoms with Gasteiger partial charge in [0.1, 0.15) is 0 Å². The number of sulfonamides is 1. The van der Waals surface area contributed by atoms with E-state index in [0.29, 0.717) is 12.2 Å². The zero-order valence-corrected chi connectivity index (χ0v) is 16.0. The molecule has 0 radical (unpaired) electrons. The Labute approximate surface area is 163 Å². The Hall–Kier alpha value is -2.55. The third-order valence-corrected chi connectivity index (χ3v) is 5.79. The first-order valence-electron chi connectivity index (χ1n) is 8.92. The average Bonchev–Trinajstić information content (AvgIpc) is 3.25. The summed E-state index contributed by atoms with van der Waals surface area (Å²) in [5.41, 5.74) is 0.619. The molecule has 0 aliphatic carbocycles. The molecule has 0 saturated carbocycles. The van der Waals surface area contributed by atoms with Gasteiger partial charge in [0.15, 0.2) is 12.4 Å². The summed E-state index contributed by atoms with van der Waals surface area (Å²) in [6.07, 6.45) is 1.65. The summed E-state index contributed by atoms with van der Waals surface area (Å²) in [4.78, 5) is 24.1. The number of ketones is 1. The molecule has 28 heavy (non-hydrogen) atoms. The molecule has 3 rings (SSSR count). The zero-order valence-electron chi connectivity index (χ0n) is 15.2. The second kappa shape index (κ2) is 9.09. The highest BCUT2D eigenvalue weighted by Crippen LogP contribution is 2.14. The van der Waals surface area contributed by atoms with Crippen molar-refractivity contribution in [3.05, 3.63) is 65.7 Å². The maximum Gasteiger partial charge on any atom is 0.338 e. The van der Waals surface area contributed by atoms with Crippen LogP contribution < -0.4 is 4.72 Å². The van der Waals surface area contributed by atoms with Crippen molar-refractivity contribution in [2.45, 2.75) is 23.8 Å². The van der Waals surface area contributed by atoms with E-state index < -0.39 is 16.0 Å². The molecule has 1 fully saturated rings. The molecule has 0 aromatic heterocycles. The number of carbonyl (C=O) groups is 2. The topological polar surface area (TPSA) is 98.8 Å². The molecule has 7 nitrogen and oxygen atoms in total. The Balaban J connectivity index is 1.55. The molecule has 1 aliphatic heterocycles. The molecule has 0 spiro atoms. The van der Waals surface area contributed by atoms with E-state index in [9.17, 15) is 18.0 Å². The number of ether oxygens (including phenoxy) is 2. The molecule has 8 heteroatoms. The second-order valence-electron chi connectivity index (χ2n) is 6.38. The van der Waals surface area contributed by atoms with Crippen LogP contribution in [0.2, 0.25) is 0 Å². The van der Waals surface area contributed by atoms with Crippen LogP contribution in [-0.2, 0) is 19.5 Å². The molecule has 2 aromatic rings. The van der Waals surface area contributed by atoms with Crippen molar-refractivity contribution in [2.75, 3.05) is 19.8 Å². The molecule has 1 aliphatic rings. The summed E-state index contributed by atoms with van der Waals surface area (Å²) in [6.45, 7) is 0.482. The van der Waals surface area contributed by atoms with Crippen molar-refractivity contribution >= 4 is 21.8 Å². The first-order chi connectivity index (χ1) is 13.5. The van der Waals surface area contributed by atoms with Gasteiger partial charge in [-0.1, -0.05) is 30.3 Å². The van der Waals surface area contributed by atoms with Crippen LogP contribution in [0.25, 0.3) is 0 Å². The molecule has 1 saturated heterocycles. The van der Waals surface area contributed by atoms with E-state index in [1.54, 1.807) is 30.3 Å². The van der Waals surface area contributed by atoms with E-state index in [0.717, 1.165) is 12.8 Å². The van der Waals surface area contributed by atoms with Crippen LogP contribution in [-0.4, -0.2) is 46.0 Å². The van der Waals surface area contributed by atoms with Crippen molar-refractivity contribution in [2.24, 2.45) is 0 Å². The molecule has 0 amide bonds. The normalized spacial score (nSPS) is 16.6. The van der Waals surface area contributed by atoms with E-state index in [4.69, 9.17) is 9.47 Å². The third-order valence-electron chi connectivity index (χ3n) is 4.36. The van der Waals surface area contributed by atoms with Crippen molar-refractivity contribution in [1.82, 2.24) is 4.72 Å². The van der Waals surface area contributed by atoms with E-state index in [1.807, 2.05) is 0 Å². The maximum absolute atomic E-state index is 12.3. The minimum atomic E-state index is -3.69. The lowest BCUT2D eigenvalue weighted by Gasteiger charge is -2.11. The number of esters is 1. The quantitative estimate of drug-likeness (QED) is 0.536. The Morgan fingerprint density at radius 2 is 1.75 bits per heavy atom. The van der Waals surface area contributed by atoms with Gasteiger partial charge in [0.25, 0.3) is 0 Å². The minimum absolute atomic E-state index is 0.0439. The van der Waals surface area contributed by atoms with Crippen molar-refractivity contribution in [3.63, 3.8) is 0 Å². The lowest BCUT2D eigenvalue weighted by Crippen LogP contribution is -2.31. The maximum atomic E-state index is 12.3. The summed E-state index contributed by atoms with van der Waals surface area (Å²) in [5, 5.41) is 0. The minimum Gasteiger partial charge on any atom is -0.454 e. The lowest BCUT2D eigenvalue weighted by molar-refractivity contribution is 0.0474. The SMILES string of the molecule is O=C(COC(=O)c1ccc(S(=O)(=O)NCC2CCCO2)cc1)c1ccccc1. The van der Waals surface area contributed by atoms with Crippen LogP contribution in [0.4, 0.5) is 0 Å². The van der Waals surface area contributed by atoms with E-state index in [-0.39, 0.29) is 35.5 Å². The monoisotopic (exact) mass is 403 g/mol. The van der Waals surface area contributed by atoms with Crippen molar-refractivity contribution < 1.29 is 27.5 Å². The fourth-order valence-electron chi connectivity index (χ4n) is 2.78. The zero-order chi connectivity index (χ0) is 20.0. The molecule has 2 aromatic carbocycles. The number of carbonyl (C=O) groups excluding carboxylic acids is 2. The van der Waals surface area contributed by atoms with Crippen LogP contribution in [0.3, 0.4) is 0 Å². The number of benzene rings is 2. The highest BCUT2D eigenvalue weighted by Gasteiger charge is 2.21. The molecule has 1 N–H and O–H groups in total. The summed E-state index contributed by atoms with van der Waals surface area (Å²) in [5.74, 6) is -1.01. The fourth-order valence-corrected chi connectivity index (χ4v) is 3.85. The Morgan fingerprint density at radius 3 is 2.39 bits per heavy atom. The summed E-state index contributed by atoms with van der Waals surface area (Å²) in [7, 11) is -3.69. The van der Waals surface area contributed by atoms with Crippen LogP contribution in [0.15, 0.2) is 59.5 Å². The summed E-state index contributed by atoms with van der Waals surface area (Å²) in [6, 6.07) is 13.9. The first kappa shape index (κ1) is 20.2. The van der Waals surface area contributed by atoms with Gasteiger partial charge in [0, 0.05) is 18.7 Å². The Kier molecular flexibility index (Phi) is 6.56. The lowest BCUT2D eigenvalue weighted by atomic mass is 10.1. The highest BCUT2D eigenvalue weighted by molar-refractivity contribution is 7.89. The number of nitrogens with one attached hydrogen (secondary N) is 1. The van der Waals surface area contributed by atoms with Crippen LogP contribution in [0, 0.1) is 0 Å². The van der Waals surface area contributed by atoms with Crippen molar-refractivity contribution in [3.8, 4) is 0 Å². The van der Waals surface area contributed by atoms with Gasteiger partial charge >= 0.3 is 5.97 Å². The van der Waals surface area contributed by atoms with E-state index in [1.165, 1.54) is 24.3 Å². The summed E-state index contributed by atoms with van der Waals surface area (Å²) >= 11 is 0. The van der Waals surface area contributed by atoms with Gasteiger partial charge < -0.3 is 9.47 Å². The predicted octanol–water partition coefficient (Wildman–Crippen LogP) is 2.18. The number of hydrogen-bond donors (Lipinski definition) is 1. The molecule has 1 atom stereocenters. The van der Waals surface area contributed by atoms with Crippen LogP contribution in [0.1, 0.15) is 33.6 Å². The fraction of sp³-hybridized carbons (Fsp3) is 0.300. The largest absolute Gasteiger partial charge is 0.454 e. The first-order valence-corrected chi connectivity index (χ1v) is 10.4. The van der Waals surface area contributed by atoms with Gasteiger partial charge in [-0.25, -0.2) is 17.9 Å². The predicted molar refractivity (Wildman–Crippen MR) is 102 cm³/mol. The van der Waals surface area contributed by atoms with Gasteiger partial charge in [-0.2, -0.15) is 0 Å². The summed E-state index contributed by atoms with van der Waals surface area (Å²) < 4.78 is 37.6. The van der Waals surface area contributed by atoms with Gasteiger partial charge in [-0.3, -0.25) is 4.79 Å². The molecular weight excluding hydrogens is 382 g/mol. The highest BCUT2D eigenvalue weighted by atomic mass is 32.2. The molecule has 1 heterocycles. The average molecular weight is 403 g/mol. The Morgan fingerprint density at radius 1 is 1.04 bits per heavy atom. The van der Waals surface area contributed by atoms with Gasteiger partial charge in [-0.05, 0) is 37.1 Å². The molecule has 148 valence electrons. The number of rotatable bonds is 8. The standard InChI is InChI=1S/C20H21NO6S/c22-19(15-5-2-1-3-6-15)14-27-20(23)16-8-10-18(11-9-16)28(24,25)21-13-17-7-4-12-26-17/h1-3,5-6,8-11,17,21H,4,7,12-14H2. The van der Waals surface area contributed by atoms with Gasteiger partial charge in [-0.15, -0.1) is 0 Å². The smallest absolute Gasteiger partial charge is 0.338 e. The van der Waals surface area contributed by atoms with E-state index >= 15 is 0 Å². The second-order valence-corrected chi connectivity index (χ2v) is 8.14. The number of Topliss-reactive ketones (excluding diaryl/α,β-unsaturated/α-hetero) is 1. The Bertz CT molecular complexity index is 919. The number of hydrogen-bond acceptors (Lipinski definition) is 6. The van der Waals surface area contributed by atoms with Crippen LogP contribution in [0.5, 0.6) is 0 Å². The molecule has 1 unspecified atom stereocenters. The molecule has 0 bridgehead atoms. The van der Waals surface area contributed by atoms with Gasteiger partial charge in [0.2, 0.25) is 10.0 Å². The van der Waals surface area contributed by atoms with Crippen LogP contribution >= 0.6 is 0 Å². The van der Waals surface area contributed by atoms with E-state index in [2.05, 4.69) is 4.72 Å². The van der Waals surface area contributed by atoms with Gasteiger partial charge in [0.05, 0.1) is 16.6 Å². The van der Waals surface area contributed by atoms with Crippen molar-refractivity contribution in [1.29, 1.82) is 0 Å². The third kappa shape index (κ3) is 5.25. The molecular formula is C20H21NO6S.